The molecule has 14 nitrogen and oxygen atoms in total. The molecule has 8 N–H and O–H groups in total. The zero-order valence-electron chi connectivity index (χ0n) is 33.0. The molecular formula is C39H69N7O7. The molecule has 1 aliphatic heterocycles. The SMILES string of the molecule is CC(C)CC1C(=O)NC(C2CCCCC2)C(=O)NC(CN)C(=O)NC(COCCCN)C(=O)N[C@H](C)CO[C@H](CC2CC3(CCC3)C2)C(C)C(=O)N1C. The third-order valence-electron chi connectivity index (χ3n) is 12.1. The number of ether oxygens (including phenoxy) is 2. The maximum atomic E-state index is 14.3. The molecule has 302 valence electrons. The molecule has 3 saturated carbocycles. The van der Waals surface area contributed by atoms with E-state index in [0.717, 1.165) is 44.9 Å². The number of amides is 5. The zero-order valence-corrected chi connectivity index (χ0v) is 33.0. The van der Waals surface area contributed by atoms with Crippen LogP contribution in [0.2, 0.25) is 0 Å². The van der Waals surface area contributed by atoms with Gasteiger partial charge in [0.15, 0.2) is 0 Å². The summed E-state index contributed by atoms with van der Waals surface area (Å²) in [5, 5.41) is 11.5. The van der Waals surface area contributed by atoms with Crippen molar-refractivity contribution in [3.8, 4) is 0 Å². The second kappa shape index (κ2) is 20.2. The van der Waals surface area contributed by atoms with Crippen LogP contribution in [-0.4, -0.2) is 111 Å². The van der Waals surface area contributed by atoms with E-state index in [1.54, 1.807) is 7.05 Å². The minimum Gasteiger partial charge on any atom is -0.379 e. The first-order valence-corrected chi connectivity index (χ1v) is 20.3. The van der Waals surface area contributed by atoms with Gasteiger partial charge in [0.25, 0.3) is 0 Å². The maximum Gasteiger partial charge on any atom is 0.245 e. The van der Waals surface area contributed by atoms with Gasteiger partial charge in [-0.05, 0) is 94.4 Å². The van der Waals surface area contributed by atoms with Gasteiger partial charge in [0, 0.05) is 26.2 Å². The number of nitrogens with zero attached hydrogens (tertiary/aromatic N) is 1. The number of carbonyl (C=O) groups is 5. The van der Waals surface area contributed by atoms with Gasteiger partial charge >= 0.3 is 0 Å². The van der Waals surface area contributed by atoms with Crippen LogP contribution in [0.1, 0.15) is 111 Å². The Balaban J connectivity index is 1.65. The number of carbonyl (C=O) groups excluding carboxylic acids is 5. The van der Waals surface area contributed by atoms with Crippen LogP contribution in [0.15, 0.2) is 0 Å². The number of nitrogens with two attached hydrogens (primary N) is 2. The molecule has 7 atom stereocenters. The first-order chi connectivity index (χ1) is 25.3. The van der Waals surface area contributed by atoms with Gasteiger partial charge in [-0.2, -0.15) is 0 Å². The number of likely N-dealkylation sites (N-methyl/N-ethyl adjacent to an activating group) is 1. The Morgan fingerprint density at radius 1 is 0.868 bits per heavy atom. The molecule has 14 heteroatoms. The number of nitrogens with one attached hydrogen (secondary N) is 4. The Morgan fingerprint density at radius 2 is 1.53 bits per heavy atom. The summed E-state index contributed by atoms with van der Waals surface area (Å²) in [6, 6.07) is -4.47. The monoisotopic (exact) mass is 748 g/mol. The number of hydrogen-bond donors (Lipinski definition) is 6. The molecule has 4 aliphatic rings. The van der Waals surface area contributed by atoms with Gasteiger partial charge in [0.05, 0.1) is 25.2 Å². The smallest absolute Gasteiger partial charge is 0.245 e. The Morgan fingerprint density at radius 3 is 2.13 bits per heavy atom. The molecule has 0 radical (unpaired) electrons. The highest BCUT2D eigenvalue weighted by Crippen LogP contribution is 2.60. The van der Waals surface area contributed by atoms with Crippen molar-refractivity contribution in [3.63, 3.8) is 0 Å². The molecule has 3 aliphatic carbocycles. The molecule has 0 aromatic rings. The van der Waals surface area contributed by atoms with E-state index in [0.29, 0.717) is 43.7 Å². The van der Waals surface area contributed by atoms with Crippen LogP contribution in [0.3, 0.4) is 0 Å². The fourth-order valence-electron chi connectivity index (χ4n) is 8.79. The first kappa shape index (κ1) is 42.9. The highest BCUT2D eigenvalue weighted by Gasteiger charge is 2.49. The highest BCUT2D eigenvalue weighted by molar-refractivity contribution is 5.96. The van der Waals surface area contributed by atoms with Gasteiger partial charge in [0.1, 0.15) is 24.2 Å². The average molecular weight is 748 g/mol. The predicted octanol–water partition coefficient (Wildman–Crippen LogP) is 1.73. The second-order valence-corrected chi connectivity index (χ2v) is 17.0. The van der Waals surface area contributed by atoms with E-state index in [1.807, 2.05) is 27.7 Å². The lowest BCUT2D eigenvalue weighted by Crippen LogP contribution is -2.62. The van der Waals surface area contributed by atoms with Gasteiger partial charge in [-0.15, -0.1) is 0 Å². The summed E-state index contributed by atoms with van der Waals surface area (Å²) >= 11 is 0. The molecule has 0 bridgehead atoms. The van der Waals surface area contributed by atoms with Crippen molar-refractivity contribution >= 4 is 29.5 Å². The van der Waals surface area contributed by atoms with Gasteiger partial charge in [-0.3, -0.25) is 24.0 Å². The van der Waals surface area contributed by atoms with Crippen molar-refractivity contribution in [2.45, 2.75) is 147 Å². The minimum atomic E-state index is -1.17. The summed E-state index contributed by atoms with van der Waals surface area (Å²) in [6.07, 6.45) is 11.7. The van der Waals surface area contributed by atoms with Crippen molar-refractivity contribution in [3.05, 3.63) is 0 Å². The van der Waals surface area contributed by atoms with Crippen LogP contribution in [0.4, 0.5) is 0 Å². The fourth-order valence-corrected chi connectivity index (χ4v) is 8.79. The molecule has 0 aromatic heterocycles. The van der Waals surface area contributed by atoms with Crippen molar-refractivity contribution in [2.24, 2.45) is 40.6 Å². The van der Waals surface area contributed by atoms with Crippen molar-refractivity contribution in [2.75, 3.05) is 40.0 Å². The Kier molecular flexibility index (Phi) is 16.4. The van der Waals surface area contributed by atoms with Crippen molar-refractivity contribution in [1.29, 1.82) is 0 Å². The number of rotatable bonds is 11. The molecule has 0 aromatic carbocycles. The molecule has 1 spiro atoms. The van der Waals surface area contributed by atoms with Crippen LogP contribution in [-0.2, 0) is 33.4 Å². The zero-order chi connectivity index (χ0) is 38.7. The molecule has 53 heavy (non-hydrogen) atoms. The second-order valence-electron chi connectivity index (χ2n) is 17.0. The fraction of sp³-hybridized carbons (Fsp3) is 0.872. The van der Waals surface area contributed by atoms with E-state index >= 15 is 0 Å². The van der Waals surface area contributed by atoms with Gasteiger partial charge in [-0.1, -0.05) is 46.5 Å². The summed E-state index contributed by atoms with van der Waals surface area (Å²) in [5.74, 6) is -2.42. The lowest BCUT2D eigenvalue weighted by Gasteiger charge is -2.55. The summed E-state index contributed by atoms with van der Waals surface area (Å²) in [4.78, 5) is 71.4. The largest absolute Gasteiger partial charge is 0.379 e. The van der Waals surface area contributed by atoms with Gasteiger partial charge in [-0.25, -0.2) is 0 Å². The molecule has 4 rings (SSSR count). The number of hydrogen-bond acceptors (Lipinski definition) is 9. The van der Waals surface area contributed by atoms with Crippen LogP contribution in [0.5, 0.6) is 0 Å². The van der Waals surface area contributed by atoms with Crippen LogP contribution in [0.25, 0.3) is 0 Å². The van der Waals surface area contributed by atoms with Gasteiger partial charge in [0.2, 0.25) is 29.5 Å². The van der Waals surface area contributed by atoms with Gasteiger partial charge < -0.3 is 47.1 Å². The Hall–Kier alpha value is -2.81. The van der Waals surface area contributed by atoms with Crippen molar-refractivity contribution in [1.82, 2.24) is 26.2 Å². The lowest BCUT2D eigenvalue weighted by molar-refractivity contribution is -0.149. The molecule has 1 heterocycles. The maximum absolute atomic E-state index is 14.3. The normalized spacial score (nSPS) is 31.7. The third kappa shape index (κ3) is 11.8. The standard InChI is InChI=1S/C39H69N7O7/c1-24(2)17-31-36(49)45-33(28-11-7-6-8-12-28)37(50)43-29(21-41)34(47)44-30(23-52-16-10-15-40)35(48)42-25(3)22-53-32(26(4)38(51)46(31)5)18-27-19-39(20-27)13-9-14-39/h24-33H,6-23,40-41H2,1-5H3,(H,42,48)(H,43,50)(H,44,47)(H,45,49)/t25-,26?,29?,30?,31?,32-,33?/m1/s1. The first-order valence-electron chi connectivity index (χ1n) is 20.3. The summed E-state index contributed by atoms with van der Waals surface area (Å²) in [5.41, 5.74) is 12.1. The Bertz CT molecular complexity index is 1230. The van der Waals surface area contributed by atoms with Crippen LogP contribution < -0.4 is 32.7 Å². The van der Waals surface area contributed by atoms with E-state index in [4.69, 9.17) is 20.9 Å². The highest BCUT2D eigenvalue weighted by atomic mass is 16.5. The molecule has 1 saturated heterocycles. The van der Waals surface area contributed by atoms with E-state index in [2.05, 4.69) is 21.3 Å². The van der Waals surface area contributed by atoms with E-state index in [-0.39, 0.29) is 37.5 Å². The lowest BCUT2D eigenvalue weighted by atomic mass is 9.51. The average Bonchev–Trinajstić information content (AvgIpc) is 3.10. The Labute approximate surface area is 316 Å². The molecule has 5 unspecified atom stereocenters. The van der Waals surface area contributed by atoms with Crippen LogP contribution in [0, 0.1) is 29.1 Å². The van der Waals surface area contributed by atoms with Crippen LogP contribution >= 0.6 is 0 Å². The van der Waals surface area contributed by atoms with E-state index in [1.165, 1.54) is 24.2 Å². The predicted molar refractivity (Wildman–Crippen MR) is 202 cm³/mol. The molecular weight excluding hydrogens is 678 g/mol. The molecule has 5 amide bonds. The topological polar surface area (TPSA) is 207 Å². The molecule has 4 fully saturated rings. The van der Waals surface area contributed by atoms with E-state index in [9.17, 15) is 24.0 Å². The summed E-state index contributed by atoms with van der Waals surface area (Å²) in [6.45, 7) is 8.20. The minimum absolute atomic E-state index is 0.0857. The summed E-state index contributed by atoms with van der Waals surface area (Å²) in [7, 11) is 1.67. The quantitative estimate of drug-likeness (QED) is 0.170. The third-order valence-corrected chi connectivity index (χ3v) is 12.1. The summed E-state index contributed by atoms with van der Waals surface area (Å²) < 4.78 is 12.2. The van der Waals surface area contributed by atoms with Crippen molar-refractivity contribution < 1.29 is 33.4 Å². The van der Waals surface area contributed by atoms with E-state index < -0.39 is 65.9 Å².